The van der Waals surface area contributed by atoms with E-state index in [4.69, 9.17) is 0 Å². The Labute approximate surface area is 117 Å². The molecular formula is C14H30N4O. The maximum atomic E-state index is 11.7. The van der Waals surface area contributed by atoms with Gasteiger partial charge in [-0.05, 0) is 20.3 Å². The predicted molar refractivity (Wildman–Crippen MR) is 81.3 cm³/mol. The lowest BCUT2D eigenvalue weighted by Gasteiger charge is -2.18. The van der Waals surface area contributed by atoms with E-state index in [1.807, 2.05) is 27.7 Å². The highest BCUT2D eigenvalue weighted by atomic mass is 16.2. The molecule has 1 unspecified atom stereocenters. The molecule has 5 heteroatoms. The highest BCUT2D eigenvalue weighted by Gasteiger charge is 2.20. The molecule has 0 spiro atoms. The fourth-order valence-electron chi connectivity index (χ4n) is 1.26. The molecule has 1 amide bonds. The second kappa shape index (κ2) is 8.77. The number of carbonyl (C=O) groups is 1. The van der Waals surface area contributed by atoms with E-state index < -0.39 is 0 Å². The van der Waals surface area contributed by atoms with Crippen LogP contribution in [0.4, 0.5) is 0 Å². The van der Waals surface area contributed by atoms with Crippen LogP contribution in [-0.2, 0) is 4.79 Å². The first-order valence-corrected chi connectivity index (χ1v) is 7.14. The van der Waals surface area contributed by atoms with Crippen molar-refractivity contribution >= 4 is 11.9 Å². The van der Waals surface area contributed by atoms with Crippen LogP contribution in [-0.4, -0.2) is 37.5 Å². The van der Waals surface area contributed by atoms with E-state index in [9.17, 15) is 4.79 Å². The molecule has 0 aliphatic heterocycles. The molecule has 0 radical (unpaired) electrons. The van der Waals surface area contributed by atoms with Gasteiger partial charge in [0.1, 0.15) is 0 Å². The molecule has 19 heavy (non-hydrogen) atoms. The quantitative estimate of drug-likeness (QED) is 0.389. The van der Waals surface area contributed by atoms with Gasteiger partial charge >= 0.3 is 0 Å². The van der Waals surface area contributed by atoms with E-state index in [1.165, 1.54) is 0 Å². The van der Waals surface area contributed by atoms with Crippen LogP contribution in [0.3, 0.4) is 0 Å². The van der Waals surface area contributed by atoms with E-state index in [2.05, 4.69) is 34.8 Å². The normalized spacial score (nSPS) is 13.9. The molecule has 0 fully saturated rings. The summed E-state index contributed by atoms with van der Waals surface area (Å²) < 4.78 is 0. The van der Waals surface area contributed by atoms with E-state index >= 15 is 0 Å². The molecule has 0 aliphatic rings. The van der Waals surface area contributed by atoms with Crippen LogP contribution in [0, 0.1) is 5.41 Å². The van der Waals surface area contributed by atoms with Crippen LogP contribution in [0.5, 0.6) is 0 Å². The number of nitrogens with one attached hydrogen (secondary N) is 3. The lowest BCUT2D eigenvalue weighted by Crippen LogP contribution is -2.42. The van der Waals surface area contributed by atoms with Gasteiger partial charge in [0.2, 0.25) is 5.91 Å². The molecule has 0 aromatic rings. The summed E-state index contributed by atoms with van der Waals surface area (Å²) in [5.74, 6) is 0.865. The monoisotopic (exact) mass is 270 g/mol. The highest BCUT2D eigenvalue weighted by molar-refractivity contribution is 5.81. The van der Waals surface area contributed by atoms with Gasteiger partial charge in [0.05, 0.1) is 6.54 Å². The summed E-state index contributed by atoms with van der Waals surface area (Å²) in [6, 6.07) is 0.391. The standard InChI is InChI=1S/C14H30N4O/c1-7-11(3)18-13(15-8-2)17-10-9-16-12(19)14(4,5)6/h11H,7-10H2,1-6H3,(H,16,19)(H2,15,17,18). The van der Waals surface area contributed by atoms with Gasteiger partial charge in [-0.3, -0.25) is 9.79 Å². The molecule has 112 valence electrons. The number of carbonyl (C=O) groups excluding carboxylic acids is 1. The van der Waals surface area contributed by atoms with Gasteiger partial charge in [-0.15, -0.1) is 0 Å². The van der Waals surface area contributed by atoms with Gasteiger partial charge in [0, 0.05) is 24.5 Å². The van der Waals surface area contributed by atoms with Crippen molar-refractivity contribution in [1.82, 2.24) is 16.0 Å². The number of hydrogen-bond acceptors (Lipinski definition) is 2. The Kier molecular flexibility index (Phi) is 8.19. The lowest BCUT2D eigenvalue weighted by atomic mass is 9.96. The number of guanidine groups is 1. The third kappa shape index (κ3) is 8.46. The molecular weight excluding hydrogens is 240 g/mol. The predicted octanol–water partition coefficient (Wildman–Crippen LogP) is 1.50. The van der Waals surface area contributed by atoms with Crippen molar-refractivity contribution in [2.45, 2.75) is 54.0 Å². The summed E-state index contributed by atoms with van der Waals surface area (Å²) in [7, 11) is 0. The van der Waals surface area contributed by atoms with E-state index in [0.29, 0.717) is 19.1 Å². The maximum absolute atomic E-state index is 11.7. The zero-order chi connectivity index (χ0) is 14.9. The molecule has 0 saturated carbocycles. The Hall–Kier alpha value is -1.26. The summed E-state index contributed by atoms with van der Waals surface area (Å²) in [6.07, 6.45) is 1.05. The van der Waals surface area contributed by atoms with E-state index in [0.717, 1.165) is 18.9 Å². The molecule has 3 N–H and O–H groups in total. The second-order valence-electron chi connectivity index (χ2n) is 5.72. The average molecular weight is 270 g/mol. The summed E-state index contributed by atoms with van der Waals surface area (Å²) in [5.41, 5.74) is -0.344. The van der Waals surface area contributed by atoms with Gasteiger partial charge < -0.3 is 16.0 Å². The fraction of sp³-hybridized carbons (Fsp3) is 0.857. The summed E-state index contributed by atoms with van der Waals surface area (Å²) in [6.45, 7) is 14.0. The zero-order valence-corrected chi connectivity index (χ0v) is 13.3. The maximum Gasteiger partial charge on any atom is 0.225 e. The first-order chi connectivity index (χ1) is 8.81. The van der Waals surface area contributed by atoms with Crippen molar-refractivity contribution < 1.29 is 4.79 Å². The van der Waals surface area contributed by atoms with E-state index in [-0.39, 0.29) is 11.3 Å². The number of nitrogens with zero attached hydrogens (tertiary/aromatic N) is 1. The summed E-state index contributed by atoms with van der Waals surface area (Å²) >= 11 is 0. The van der Waals surface area contributed by atoms with Gasteiger partial charge in [0.25, 0.3) is 0 Å². The van der Waals surface area contributed by atoms with Crippen molar-refractivity contribution in [3.63, 3.8) is 0 Å². The molecule has 0 aromatic carbocycles. The Balaban J connectivity index is 4.14. The average Bonchev–Trinajstić information content (AvgIpc) is 2.32. The first-order valence-electron chi connectivity index (χ1n) is 7.14. The van der Waals surface area contributed by atoms with Crippen LogP contribution in [0.2, 0.25) is 0 Å². The molecule has 0 rings (SSSR count). The third-order valence-corrected chi connectivity index (χ3v) is 2.69. The van der Waals surface area contributed by atoms with Gasteiger partial charge in [-0.1, -0.05) is 27.7 Å². The molecule has 1 atom stereocenters. The topological polar surface area (TPSA) is 65.5 Å². The van der Waals surface area contributed by atoms with Crippen LogP contribution in [0.15, 0.2) is 4.99 Å². The number of rotatable bonds is 6. The minimum Gasteiger partial charge on any atom is -0.357 e. The van der Waals surface area contributed by atoms with Crippen molar-refractivity contribution in [3.05, 3.63) is 0 Å². The number of amides is 1. The minimum absolute atomic E-state index is 0.0580. The summed E-state index contributed by atoms with van der Waals surface area (Å²) in [4.78, 5) is 16.1. The molecule has 0 heterocycles. The fourth-order valence-corrected chi connectivity index (χ4v) is 1.26. The second-order valence-corrected chi connectivity index (χ2v) is 5.72. The molecule has 0 aliphatic carbocycles. The van der Waals surface area contributed by atoms with Crippen LogP contribution >= 0.6 is 0 Å². The molecule has 0 bridgehead atoms. The van der Waals surface area contributed by atoms with Crippen molar-refractivity contribution in [2.75, 3.05) is 19.6 Å². The first kappa shape index (κ1) is 17.7. The smallest absolute Gasteiger partial charge is 0.225 e. The number of aliphatic imine (C=N–C) groups is 1. The summed E-state index contributed by atoms with van der Waals surface area (Å²) in [5, 5.41) is 9.39. The minimum atomic E-state index is -0.344. The molecule has 5 nitrogen and oxygen atoms in total. The van der Waals surface area contributed by atoms with Gasteiger partial charge in [0.15, 0.2) is 5.96 Å². The Morgan fingerprint density at radius 1 is 1.21 bits per heavy atom. The Bertz CT molecular complexity index is 294. The number of hydrogen-bond donors (Lipinski definition) is 3. The molecule has 0 aromatic heterocycles. The van der Waals surface area contributed by atoms with Gasteiger partial charge in [-0.25, -0.2) is 0 Å². The van der Waals surface area contributed by atoms with Crippen molar-refractivity contribution in [1.29, 1.82) is 0 Å². The van der Waals surface area contributed by atoms with Crippen LogP contribution in [0.25, 0.3) is 0 Å². The van der Waals surface area contributed by atoms with Crippen molar-refractivity contribution in [3.8, 4) is 0 Å². The van der Waals surface area contributed by atoms with Crippen molar-refractivity contribution in [2.24, 2.45) is 10.4 Å². The lowest BCUT2D eigenvalue weighted by molar-refractivity contribution is -0.128. The SMILES string of the molecule is CCNC(=NCCNC(=O)C(C)(C)C)NC(C)CC. The van der Waals surface area contributed by atoms with Gasteiger partial charge in [-0.2, -0.15) is 0 Å². The Morgan fingerprint density at radius 3 is 2.32 bits per heavy atom. The Morgan fingerprint density at radius 2 is 1.84 bits per heavy atom. The van der Waals surface area contributed by atoms with Crippen LogP contribution < -0.4 is 16.0 Å². The zero-order valence-electron chi connectivity index (χ0n) is 13.3. The third-order valence-electron chi connectivity index (χ3n) is 2.69. The van der Waals surface area contributed by atoms with E-state index in [1.54, 1.807) is 0 Å². The largest absolute Gasteiger partial charge is 0.357 e. The van der Waals surface area contributed by atoms with Crippen LogP contribution in [0.1, 0.15) is 48.0 Å². The molecule has 0 saturated heterocycles. The highest BCUT2D eigenvalue weighted by Crippen LogP contribution is 2.11.